The van der Waals surface area contributed by atoms with Crippen LogP contribution in [-0.2, 0) is 17.6 Å². The molecule has 0 aliphatic carbocycles. The Morgan fingerprint density at radius 3 is 2.42 bits per heavy atom. The Morgan fingerprint density at radius 1 is 1.21 bits per heavy atom. The average Bonchev–Trinajstić information content (AvgIpc) is 2.76. The lowest BCUT2D eigenvalue weighted by atomic mass is 9.96. The number of carbonyl (C=O) groups is 1. The molecule has 19 heavy (non-hydrogen) atoms. The van der Waals surface area contributed by atoms with Gasteiger partial charge in [0.2, 0.25) is 0 Å². The Balaban J connectivity index is 2.08. The minimum atomic E-state index is -0.764. The zero-order valence-electron chi connectivity index (χ0n) is 9.98. The van der Waals surface area contributed by atoms with E-state index in [9.17, 15) is 9.90 Å². The second-order valence-electron chi connectivity index (χ2n) is 4.28. The van der Waals surface area contributed by atoms with E-state index in [0.29, 0.717) is 17.9 Å². The van der Waals surface area contributed by atoms with Gasteiger partial charge < -0.3 is 5.11 Å². The van der Waals surface area contributed by atoms with Gasteiger partial charge in [-0.15, -0.1) is 11.3 Å². The SMILES string of the molecule is O=C(O)C(Cc1ccc(Cl)cc1)Cc1ccc(Br)s1. The maximum atomic E-state index is 11.3. The molecule has 0 radical (unpaired) electrons. The van der Waals surface area contributed by atoms with Crippen molar-refractivity contribution in [2.75, 3.05) is 0 Å². The van der Waals surface area contributed by atoms with Crippen LogP contribution in [0.25, 0.3) is 0 Å². The van der Waals surface area contributed by atoms with Crippen LogP contribution in [0.4, 0.5) is 0 Å². The van der Waals surface area contributed by atoms with Crippen LogP contribution in [0.1, 0.15) is 10.4 Å². The molecule has 1 aromatic heterocycles. The Kier molecular flexibility index (Phi) is 5.02. The molecule has 0 aliphatic rings. The van der Waals surface area contributed by atoms with Gasteiger partial charge >= 0.3 is 5.97 Å². The fourth-order valence-corrected chi connectivity index (χ4v) is 3.55. The summed E-state index contributed by atoms with van der Waals surface area (Å²) < 4.78 is 1.03. The van der Waals surface area contributed by atoms with E-state index in [0.717, 1.165) is 14.2 Å². The zero-order chi connectivity index (χ0) is 13.8. The molecule has 0 amide bonds. The van der Waals surface area contributed by atoms with Crippen molar-refractivity contribution in [3.63, 3.8) is 0 Å². The number of halogens is 2. The van der Waals surface area contributed by atoms with Crippen LogP contribution in [0.5, 0.6) is 0 Å². The molecule has 1 unspecified atom stereocenters. The lowest BCUT2D eigenvalue weighted by Crippen LogP contribution is -2.18. The van der Waals surface area contributed by atoms with Crippen molar-refractivity contribution in [2.45, 2.75) is 12.8 Å². The van der Waals surface area contributed by atoms with Crippen molar-refractivity contribution in [2.24, 2.45) is 5.92 Å². The Morgan fingerprint density at radius 2 is 1.89 bits per heavy atom. The average molecular weight is 360 g/mol. The normalized spacial score (nSPS) is 12.3. The molecule has 1 atom stereocenters. The molecular weight excluding hydrogens is 348 g/mol. The first-order valence-corrected chi connectivity index (χ1v) is 7.75. The van der Waals surface area contributed by atoms with Crippen LogP contribution in [0.2, 0.25) is 5.02 Å². The topological polar surface area (TPSA) is 37.3 Å². The molecule has 0 aliphatic heterocycles. The highest BCUT2D eigenvalue weighted by molar-refractivity contribution is 9.11. The molecule has 0 saturated heterocycles. The molecule has 0 bridgehead atoms. The van der Waals surface area contributed by atoms with Crippen molar-refractivity contribution in [1.82, 2.24) is 0 Å². The third-order valence-electron chi connectivity index (χ3n) is 2.82. The van der Waals surface area contributed by atoms with Gasteiger partial charge in [0.1, 0.15) is 0 Å². The molecule has 0 fully saturated rings. The first kappa shape index (κ1) is 14.6. The van der Waals surface area contributed by atoms with Gasteiger partial charge in [-0.1, -0.05) is 23.7 Å². The number of benzene rings is 1. The fraction of sp³-hybridized carbons (Fsp3) is 0.214. The van der Waals surface area contributed by atoms with Gasteiger partial charge in [0.15, 0.2) is 0 Å². The first-order chi connectivity index (χ1) is 9.04. The lowest BCUT2D eigenvalue weighted by molar-refractivity contribution is -0.141. The summed E-state index contributed by atoms with van der Waals surface area (Å²) in [4.78, 5) is 12.4. The number of carboxylic acids is 1. The molecule has 2 rings (SSSR count). The van der Waals surface area contributed by atoms with E-state index in [1.165, 1.54) is 0 Å². The number of aliphatic carboxylic acids is 1. The predicted octanol–water partition coefficient (Wildman–Crippen LogP) is 4.65. The second-order valence-corrected chi connectivity index (χ2v) is 7.26. The van der Waals surface area contributed by atoms with Gasteiger partial charge in [0.25, 0.3) is 0 Å². The summed E-state index contributed by atoms with van der Waals surface area (Å²) in [7, 11) is 0. The van der Waals surface area contributed by atoms with Crippen LogP contribution in [0.15, 0.2) is 40.2 Å². The van der Waals surface area contributed by atoms with Crippen LogP contribution in [-0.4, -0.2) is 11.1 Å². The highest BCUT2D eigenvalue weighted by Gasteiger charge is 2.19. The number of hydrogen-bond acceptors (Lipinski definition) is 2. The van der Waals surface area contributed by atoms with Crippen LogP contribution < -0.4 is 0 Å². The van der Waals surface area contributed by atoms with Crippen molar-refractivity contribution < 1.29 is 9.90 Å². The maximum absolute atomic E-state index is 11.3. The summed E-state index contributed by atoms with van der Waals surface area (Å²) in [6.07, 6.45) is 1.07. The van der Waals surface area contributed by atoms with Gasteiger partial charge in [-0.25, -0.2) is 0 Å². The molecule has 0 saturated carbocycles. The highest BCUT2D eigenvalue weighted by Crippen LogP contribution is 2.26. The van der Waals surface area contributed by atoms with Crippen molar-refractivity contribution in [3.8, 4) is 0 Å². The molecule has 100 valence electrons. The summed E-state index contributed by atoms with van der Waals surface area (Å²) in [5.74, 6) is -1.17. The quantitative estimate of drug-likeness (QED) is 0.843. The van der Waals surface area contributed by atoms with E-state index < -0.39 is 11.9 Å². The fourth-order valence-electron chi connectivity index (χ4n) is 1.86. The van der Waals surface area contributed by atoms with Crippen molar-refractivity contribution in [1.29, 1.82) is 0 Å². The van der Waals surface area contributed by atoms with E-state index in [1.807, 2.05) is 24.3 Å². The Hall–Kier alpha value is -0.840. The summed E-state index contributed by atoms with van der Waals surface area (Å²) in [5.41, 5.74) is 0.993. The van der Waals surface area contributed by atoms with Crippen molar-refractivity contribution in [3.05, 3.63) is 55.6 Å². The third kappa shape index (κ3) is 4.34. The van der Waals surface area contributed by atoms with Crippen LogP contribution >= 0.6 is 38.9 Å². The third-order valence-corrected chi connectivity index (χ3v) is 4.72. The summed E-state index contributed by atoms with van der Waals surface area (Å²) in [6, 6.07) is 11.2. The van der Waals surface area contributed by atoms with E-state index in [4.69, 9.17) is 11.6 Å². The predicted molar refractivity (Wildman–Crippen MR) is 82.0 cm³/mol. The van der Waals surface area contributed by atoms with Gasteiger partial charge in [-0.3, -0.25) is 4.79 Å². The van der Waals surface area contributed by atoms with E-state index in [-0.39, 0.29) is 0 Å². The molecular formula is C14H12BrClO2S. The second kappa shape index (κ2) is 6.55. The Labute approximate surface area is 129 Å². The molecule has 1 N–H and O–H groups in total. The molecule has 2 aromatic rings. The molecule has 1 aromatic carbocycles. The molecule has 1 heterocycles. The molecule has 5 heteroatoms. The largest absolute Gasteiger partial charge is 0.481 e. The zero-order valence-corrected chi connectivity index (χ0v) is 13.1. The summed E-state index contributed by atoms with van der Waals surface area (Å²) >= 11 is 10.8. The van der Waals surface area contributed by atoms with Gasteiger partial charge in [-0.2, -0.15) is 0 Å². The minimum absolute atomic E-state index is 0.410. The summed E-state index contributed by atoms with van der Waals surface area (Å²) in [6.45, 7) is 0. The molecule has 2 nitrogen and oxygen atoms in total. The maximum Gasteiger partial charge on any atom is 0.307 e. The Bertz CT molecular complexity index is 565. The first-order valence-electron chi connectivity index (χ1n) is 5.76. The smallest absolute Gasteiger partial charge is 0.307 e. The monoisotopic (exact) mass is 358 g/mol. The number of thiophene rings is 1. The minimum Gasteiger partial charge on any atom is -0.481 e. The van der Waals surface area contributed by atoms with Crippen LogP contribution in [0.3, 0.4) is 0 Å². The van der Waals surface area contributed by atoms with Crippen molar-refractivity contribution >= 4 is 44.8 Å². The standard InChI is InChI=1S/C14H12BrClO2S/c15-13-6-5-12(19-13)8-10(14(17)18)7-9-1-3-11(16)4-2-9/h1-6,10H,7-8H2,(H,17,18). The molecule has 0 spiro atoms. The van der Waals surface area contributed by atoms with Crippen LogP contribution in [0, 0.1) is 5.92 Å². The lowest BCUT2D eigenvalue weighted by Gasteiger charge is -2.11. The number of carboxylic acid groups (broad SMARTS) is 1. The number of rotatable bonds is 5. The van der Waals surface area contributed by atoms with Gasteiger partial charge in [-0.05, 0) is 58.6 Å². The van der Waals surface area contributed by atoms with Gasteiger partial charge in [0, 0.05) is 9.90 Å². The number of hydrogen-bond donors (Lipinski definition) is 1. The van der Waals surface area contributed by atoms with E-state index in [1.54, 1.807) is 23.5 Å². The van der Waals surface area contributed by atoms with Gasteiger partial charge in [0.05, 0.1) is 9.70 Å². The summed E-state index contributed by atoms with van der Waals surface area (Å²) in [5, 5.41) is 9.99. The van der Waals surface area contributed by atoms with E-state index in [2.05, 4.69) is 15.9 Å². The highest BCUT2D eigenvalue weighted by atomic mass is 79.9. The van der Waals surface area contributed by atoms with E-state index >= 15 is 0 Å².